The van der Waals surface area contributed by atoms with Crippen molar-refractivity contribution in [3.8, 4) is 11.5 Å². The van der Waals surface area contributed by atoms with Crippen LogP contribution in [0.25, 0.3) is 0 Å². The Morgan fingerprint density at radius 3 is 2.61 bits per heavy atom. The summed E-state index contributed by atoms with van der Waals surface area (Å²) in [7, 11) is 1.59. The van der Waals surface area contributed by atoms with Gasteiger partial charge in [0.2, 0.25) is 0 Å². The van der Waals surface area contributed by atoms with E-state index in [0.717, 1.165) is 16.0 Å². The lowest BCUT2D eigenvalue weighted by atomic mass is 10.00. The van der Waals surface area contributed by atoms with Crippen molar-refractivity contribution in [2.75, 3.05) is 7.11 Å². The van der Waals surface area contributed by atoms with Gasteiger partial charge < -0.3 is 9.47 Å². The second kappa shape index (κ2) is 9.26. The summed E-state index contributed by atoms with van der Waals surface area (Å²) in [5.41, 5.74) is 6.65. The minimum absolute atomic E-state index is 0.356. The van der Waals surface area contributed by atoms with E-state index in [4.69, 9.17) is 14.5 Å². The summed E-state index contributed by atoms with van der Waals surface area (Å²) in [6.45, 7) is 0.422. The van der Waals surface area contributed by atoms with E-state index in [1.54, 1.807) is 24.5 Å². The fourth-order valence-corrected chi connectivity index (χ4v) is 4.19. The fraction of sp³-hybridized carbons (Fsp3) is 0.0769. The Kier molecular flexibility index (Phi) is 5.87. The van der Waals surface area contributed by atoms with Crippen LogP contribution in [-0.2, 0) is 6.61 Å². The van der Waals surface area contributed by atoms with Crippen molar-refractivity contribution in [1.82, 2.24) is 5.43 Å². The molecule has 0 bridgehead atoms. The summed E-state index contributed by atoms with van der Waals surface area (Å²) in [6, 6.07) is 23.9. The van der Waals surface area contributed by atoms with E-state index in [1.165, 1.54) is 12.1 Å². The van der Waals surface area contributed by atoms with Crippen molar-refractivity contribution >= 4 is 28.6 Å². The normalized spacial score (nSPS) is 12.7. The van der Waals surface area contributed by atoms with Gasteiger partial charge in [-0.2, -0.15) is 5.10 Å². The number of rotatable bonds is 6. The average Bonchev–Trinajstić information content (AvgIpc) is 3.32. The lowest BCUT2D eigenvalue weighted by Crippen LogP contribution is -2.18. The molecule has 164 valence electrons. The van der Waals surface area contributed by atoms with Gasteiger partial charge in [-0.25, -0.2) is 9.38 Å². The maximum absolute atomic E-state index is 14.2. The second-order valence-electron chi connectivity index (χ2n) is 7.31. The van der Waals surface area contributed by atoms with Crippen molar-refractivity contribution in [1.29, 1.82) is 0 Å². The molecule has 0 fully saturated rings. The van der Waals surface area contributed by atoms with Crippen molar-refractivity contribution in [2.24, 2.45) is 10.1 Å². The molecular formula is C26H20FN3O2S. The molecule has 0 unspecified atom stereocenters. The standard InChI is InChI=1S/C26H20FN3O2S/c1-31-23-14-18(9-12-22(23)32-16-17-6-3-2-4-7-17)25-20-15-19(27)10-11-21(20)28-26(30-29-25)24-8-5-13-33-24/h2-15H,16H2,1H3,(H,28,30). The number of nitrogens with one attached hydrogen (secondary N) is 1. The number of halogens is 1. The Hall–Kier alpha value is -3.97. The van der Waals surface area contributed by atoms with E-state index in [-0.39, 0.29) is 5.82 Å². The van der Waals surface area contributed by atoms with Crippen LogP contribution < -0.4 is 14.9 Å². The lowest BCUT2D eigenvalue weighted by Gasteiger charge is -2.14. The molecule has 0 radical (unpaired) electrons. The van der Waals surface area contributed by atoms with Crippen LogP contribution in [0.2, 0.25) is 0 Å². The molecule has 2 heterocycles. The zero-order chi connectivity index (χ0) is 22.6. The predicted molar refractivity (Wildman–Crippen MR) is 129 cm³/mol. The van der Waals surface area contributed by atoms with Crippen LogP contribution in [0, 0.1) is 5.82 Å². The van der Waals surface area contributed by atoms with Gasteiger partial charge in [0.1, 0.15) is 18.1 Å². The first-order chi connectivity index (χ1) is 16.2. The molecule has 1 aliphatic rings. The molecule has 5 rings (SSSR count). The topological polar surface area (TPSA) is 55.2 Å². The predicted octanol–water partition coefficient (Wildman–Crippen LogP) is 5.91. The molecule has 33 heavy (non-hydrogen) atoms. The SMILES string of the molecule is COc1cc(C2=NNC(c3cccs3)=Nc3ccc(F)cc32)ccc1OCc1ccccc1. The van der Waals surface area contributed by atoms with Crippen LogP contribution in [0.5, 0.6) is 11.5 Å². The number of fused-ring (bicyclic) bond motifs is 1. The largest absolute Gasteiger partial charge is 0.493 e. The van der Waals surface area contributed by atoms with E-state index in [2.05, 4.69) is 10.5 Å². The zero-order valence-electron chi connectivity index (χ0n) is 17.8. The molecule has 1 N–H and O–H groups in total. The Morgan fingerprint density at radius 1 is 0.939 bits per heavy atom. The monoisotopic (exact) mass is 457 g/mol. The fourth-order valence-electron chi connectivity index (χ4n) is 3.52. The van der Waals surface area contributed by atoms with E-state index >= 15 is 0 Å². The highest BCUT2D eigenvalue weighted by Gasteiger charge is 2.20. The number of thiophene rings is 1. The van der Waals surface area contributed by atoms with E-state index < -0.39 is 0 Å². The first-order valence-corrected chi connectivity index (χ1v) is 11.2. The molecule has 7 heteroatoms. The number of hydrazone groups is 1. The third-order valence-corrected chi connectivity index (χ3v) is 6.02. The first kappa shape index (κ1) is 20.9. The summed E-state index contributed by atoms with van der Waals surface area (Å²) < 4.78 is 25.8. The van der Waals surface area contributed by atoms with Gasteiger partial charge >= 0.3 is 0 Å². The number of amidine groups is 1. The quantitative estimate of drug-likeness (QED) is 0.392. The average molecular weight is 458 g/mol. The van der Waals surface area contributed by atoms with Crippen molar-refractivity contribution in [2.45, 2.75) is 6.61 Å². The molecule has 0 saturated carbocycles. The Labute approximate surface area is 194 Å². The number of methoxy groups -OCH3 is 1. The highest BCUT2D eigenvalue weighted by Crippen LogP contribution is 2.32. The number of hydrogen-bond donors (Lipinski definition) is 1. The molecule has 3 aromatic carbocycles. The second-order valence-corrected chi connectivity index (χ2v) is 8.26. The number of hydrogen-bond acceptors (Lipinski definition) is 6. The minimum Gasteiger partial charge on any atom is -0.493 e. The molecule has 1 aromatic heterocycles. The molecule has 0 amide bonds. The highest BCUT2D eigenvalue weighted by molar-refractivity contribution is 7.12. The summed E-state index contributed by atoms with van der Waals surface area (Å²) in [5.74, 6) is 1.43. The molecule has 5 nitrogen and oxygen atoms in total. The number of benzene rings is 3. The van der Waals surface area contributed by atoms with Gasteiger partial charge in [0.05, 0.1) is 17.7 Å². The van der Waals surface area contributed by atoms with Crippen LogP contribution in [-0.4, -0.2) is 18.7 Å². The molecule has 0 aliphatic carbocycles. The Bertz CT molecular complexity index is 1340. The lowest BCUT2D eigenvalue weighted by molar-refractivity contribution is 0.284. The van der Waals surface area contributed by atoms with Gasteiger partial charge in [-0.3, -0.25) is 5.43 Å². The van der Waals surface area contributed by atoms with Crippen molar-refractivity contribution in [3.05, 3.63) is 112 Å². The maximum atomic E-state index is 14.2. The zero-order valence-corrected chi connectivity index (χ0v) is 18.6. The van der Waals surface area contributed by atoms with E-state index in [1.807, 2.05) is 66.0 Å². The van der Waals surface area contributed by atoms with Gasteiger partial charge in [-0.1, -0.05) is 36.4 Å². The van der Waals surface area contributed by atoms with Crippen molar-refractivity contribution in [3.63, 3.8) is 0 Å². The van der Waals surface area contributed by atoms with Crippen LogP contribution in [0.3, 0.4) is 0 Å². The van der Waals surface area contributed by atoms with Gasteiger partial charge in [0.15, 0.2) is 17.3 Å². The summed E-state index contributed by atoms with van der Waals surface area (Å²) in [5, 5.41) is 6.56. The third-order valence-electron chi connectivity index (χ3n) is 5.15. The van der Waals surface area contributed by atoms with Gasteiger partial charge in [0, 0.05) is 11.1 Å². The summed E-state index contributed by atoms with van der Waals surface area (Å²) in [4.78, 5) is 5.64. The molecule has 0 spiro atoms. The first-order valence-electron chi connectivity index (χ1n) is 10.3. The van der Waals surface area contributed by atoms with Crippen LogP contribution in [0.15, 0.2) is 94.3 Å². The Balaban J connectivity index is 1.50. The Morgan fingerprint density at radius 2 is 1.82 bits per heavy atom. The number of ether oxygens (including phenoxy) is 2. The van der Waals surface area contributed by atoms with Crippen molar-refractivity contribution < 1.29 is 13.9 Å². The summed E-state index contributed by atoms with van der Waals surface area (Å²) in [6.07, 6.45) is 0. The van der Waals surface area contributed by atoms with Crippen LogP contribution in [0.4, 0.5) is 10.1 Å². The molecular weight excluding hydrogens is 437 g/mol. The summed E-state index contributed by atoms with van der Waals surface area (Å²) >= 11 is 1.55. The number of nitrogens with zero attached hydrogens (tertiary/aromatic N) is 2. The van der Waals surface area contributed by atoms with E-state index in [0.29, 0.717) is 40.9 Å². The molecule has 0 atom stereocenters. The minimum atomic E-state index is -0.356. The van der Waals surface area contributed by atoms with Gasteiger partial charge in [-0.05, 0) is 53.4 Å². The van der Waals surface area contributed by atoms with Gasteiger partial charge in [-0.15, -0.1) is 11.3 Å². The maximum Gasteiger partial charge on any atom is 0.164 e. The molecule has 4 aromatic rings. The molecule has 1 aliphatic heterocycles. The van der Waals surface area contributed by atoms with Gasteiger partial charge in [0.25, 0.3) is 0 Å². The van der Waals surface area contributed by atoms with Crippen LogP contribution in [0.1, 0.15) is 21.6 Å². The van der Waals surface area contributed by atoms with E-state index in [9.17, 15) is 4.39 Å². The van der Waals surface area contributed by atoms with Crippen LogP contribution >= 0.6 is 11.3 Å². The molecule has 0 saturated heterocycles. The number of aliphatic imine (C=N–C) groups is 1. The smallest absolute Gasteiger partial charge is 0.164 e. The highest BCUT2D eigenvalue weighted by atomic mass is 32.1. The third kappa shape index (κ3) is 4.49.